The van der Waals surface area contributed by atoms with Crippen LogP contribution in [-0.4, -0.2) is 26.8 Å². The Hall–Kier alpha value is -1.27. The predicted molar refractivity (Wildman–Crippen MR) is 55.1 cm³/mol. The van der Waals surface area contributed by atoms with Gasteiger partial charge >= 0.3 is 11.7 Å². The van der Waals surface area contributed by atoms with E-state index in [0.717, 1.165) is 0 Å². The highest BCUT2D eigenvalue weighted by atomic mass is 35.5. The van der Waals surface area contributed by atoms with E-state index in [1.165, 1.54) is 23.2 Å². The van der Waals surface area contributed by atoms with Crippen LogP contribution in [0.4, 0.5) is 0 Å². The van der Waals surface area contributed by atoms with Crippen molar-refractivity contribution >= 4 is 17.6 Å². The molecule has 1 aromatic rings. The molecule has 0 radical (unpaired) electrons. The number of halogens is 1. The number of hydrogen-bond acceptors (Lipinski definition) is 3. The van der Waals surface area contributed by atoms with Crippen LogP contribution in [0.2, 0.25) is 5.15 Å². The van der Waals surface area contributed by atoms with E-state index >= 15 is 0 Å². The highest BCUT2D eigenvalue weighted by molar-refractivity contribution is 6.30. The summed E-state index contributed by atoms with van der Waals surface area (Å²) in [6, 6.07) is 0. The minimum absolute atomic E-state index is 0.105. The van der Waals surface area contributed by atoms with Gasteiger partial charge in [-0.05, 0) is 0 Å². The van der Waals surface area contributed by atoms with Gasteiger partial charge in [0, 0.05) is 20.6 Å². The molecule has 3 N–H and O–H groups in total. The van der Waals surface area contributed by atoms with E-state index in [-0.39, 0.29) is 23.1 Å². The first-order valence-electron chi connectivity index (χ1n) is 4.25. The Kier molecular flexibility index (Phi) is 3.21. The summed E-state index contributed by atoms with van der Waals surface area (Å²) >= 11 is 5.86. The van der Waals surface area contributed by atoms with Gasteiger partial charge in [0.15, 0.2) is 0 Å². The topological polar surface area (TPSA) is 90.2 Å². The fourth-order valence-corrected chi connectivity index (χ4v) is 1.76. The quantitative estimate of drug-likeness (QED) is 0.737. The lowest BCUT2D eigenvalue weighted by atomic mass is 10.1. The molecule has 0 bridgehead atoms. The number of carboxylic acid groups (broad SMARTS) is 1. The van der Waals surface area contributed by atoms with Gasteiger partial charge in [0.25, 0.3) is 0 Å². The van der Waals surface area contributed by atoms with Gasteiger partial charge in [0.1, 0.15) is 11.1 Å². The number of hydrogen-bond donors (Lipinski definition) is 2. The normalized spacial score (nSPS) is 12.8. The highest BCUT2D eigenvalue weighted by Crippen LogP contribution is 2.22. The largest absolute Gasteiger partial charge is 0.481 e. The molecule has 1 atom stereocenters. The van der Waals surface area contributed by atoms with Crippen molar-refractivity contribution in [3.05, 3.63) is 21.3 Å². The summed E-state index contributed by atoms with van der Waals surface area (Å²) < 4.78 is 2.39. The lowest BCUT2D eigenvalue weighted by molar-refractivity contribution is -0.138. The second-order valence-corrected chi connectivity index (χ2v) is 3.56. The van der Waals surface area contributed by atoms with Crippen molar-refractivity contribution in [1.82, 2.24) is 9.13 Å². The second kappa shape index (κ2) is 4.08. The fraction of sp³-hybridized carbons (Fsp3) is 0.500. The van der Waals surface area contributed by atoms with Gasteiger partial charge in [-0.2, -0.15) is 0 Å². The van der Waals surface area contributed by atoms with E-state index in [1.54, 1.807) is 0 Å². The summed E-state index contributed by atoms with van der Waals surface area (Å²) in [5.74, 6) is -2.06. The van der Waals surface area contributed by atoms with Crippen LogP contribution in [0.5, 0.6) is 0 Å². The van der Waals surface area contributed by atoms with Crippen LogP contribution in [-0.2, 0) is 18.9 Å². The Labute approximate surface area is 90.9 Å². The Morgan fingerprint density at radius 1 is 1.53 bits per heavy atom. The Morgan fingerprint density at radius 3 is 2.33 bits per heavy atom. The zero-order valence-corrected chi connectivity index (χ0v) is 9.15. The first-order chi connectivity index (χ1) is 6.91. The number of carbonyl (C=O) groups is 1. The molecule has 6 nitrogen and oxygen atoms in total. The van der Waals surface area contributed by atoms with Crippen molar-refractivity contribution in [1.29, 1.82) is 0 Å². The standard InChI is InChI=1S/C8H12ClN3O3/c1-11-5(4(3-10)7(13)14)6(9)12(2)8(11)15/h4H,3,10H2,1-2H3,(H,13,14). The monoisotopic (exact) mass is 233 g/mol. The maximum absolute atomic E-state index is 11.5. The molecular formula is C8H12ClN3O3. The van der Waals surface area contributed by atoms with Crippen molar-refractivity contribution in [2.24, 2.45) is 19.8 Å². The van der Waals surface area contributed by atoms with Gasteiger partial charge in [0.2, 0.25) is 0 Å². The third-order valence-electron chi connectivity index (χ3n) is 2.30. The molecule has 0 saturated heterocycles. The van der Waals surface area contributed by atoms with Crippen LogP contribution in [0.3, 0.4) is 0 Å². The average Bonchev–Trinajstić information content (AvgIpc) is 2.36. The van der Waals surface area contributed by atoms with Crippen molar-refractivity contribution < 1.29 is 9.90 Å². The molecule has 1 rings (SSSR count). The summed E-state index contributed by atoms with van der Waals surface area (Å²) in [5.41, 5.74) is 5.21. The molecule has 0 aromatic carbocycles. The minimum Gasteiger partial charge on any atom is -0.481 e. The number of rotatable bonds is 3. The molecule has 15 heavy (non-hydrogen) atoms. The molecule has 0 saturated carbocycles. The zero-order chi connectivity index (χ0) is 11.7. The van der Waals surface area contributed by atoms with Crippen LogP contribution in [0.25, 0.3) is 0 Å². The molecule has 0 aliphatic heterocycles. The number of nitrogens with zero attached hydrogens (tertiary/aromatic N) is 2. The minimum atomic E-state index is -1.10. The molecule has 84 valence electrons. The number of nitrogens with two attached hydrogens (primary N) is 1. The van der Waals surface area contributed by atoms with Crippen molar-refractivity contribution in [3.63, 3.8) is 0 Å². The average molecular weight is 234 g/mol. The van der Waals surface area contributed by atoms with Gasteiger partial charge in [-0.25, -0.2) is 4.79 Å². The fourth-order valence-electron chi connectivity index (χ4n) is 1.43. The Bertz CT molecular complexity index is 449. The lowest BCUT2D eigenvalue weighted by Crippen LogP contribution is -2.26. The van der Waals surface area contributed by atoms with E-state index < -0.39 is 11.9 Å². The molecule has 0 fully saturated rings. The van der Waals surface area contributed by atoms with E-state index in [0.29, 0.717) is 0 Å². The molecule has 7 heteroatoms. The van der Waals surface area contributed by atoms with Crippen LogP contribution in [0, 0.1) is 0 Å². The number of aromatic nitrogens is 2. The van der Waals surface area contributed by atoms with Crippen LogP contribution < -0.4 is 11.4 Å². The van der Waals surface area contributed by atoms with Gasteiger partial charge in [-0.1, -0.05) is 11.6 Å². The summed E-state index contributed by atoms with van der Waals surface area (Å²) in [6.07, 6.45) is 0. The van der Waals surface area contributed by atoms with Gasteiger partial charge in [-0.15, -0.1) is 0 Å². The van der Waals surface area contributed by atoms with E-state index in [9.17, 15) is 9.59 Å². The summed E-state index contributed by atoms with van der Waals surface area (Å²) in [6.45, 7) is -0.105. The molecule has 0 spiro atoms. The molecule has 0 amide bonds. The van der Waals surface area contributed by atoms with E-state index in [2.05, 4.69) is 0 Å². The first kappa shape index (κ1) is 11.8. The van der Waals surface area contributed by atoms with E-state index in [4.69, 9.17) is 22.4 Å². The Balaban J connectivity index is 3.43. The third-order valence-corrected chi connectivity index (χ3v) is 2.75. The third kappa shape index (κ3) is 1.78. The predicted octanol–water partition coefficient (Wildman–Crippen LogP) is -0.496. The molecule has 1 unspecified atom stereocenters. The van der Waals surface area contributed by atoms with Crippen LogP contribution >= 0.6 is 11.6 Å². The molecular weight excluding hydrogens is 222 g/mol. The number of imidazole rings is 1. The molecule has 1 heterocycles. The van der Waals surface area contributed by atoms with Crippen LogP contribution in [0.1, 0.15) is 11.6 Å². The summed E-state index contributed by atoms with van der Waals surface area (Å²) in [4.78, 5) is 22.4. The number of carboxylic acids is 1. The van der Waals surface area contributed by atoms with Crippen molar-refractivity contribution in [2.45, 2.75) is 5.92 Å². The smallest absolute Gasteiger partial charge is 0.329 e. The summed E-state index contributed by atoms with van der Waals surface area (Å²) in [5, 5.41) is 9.02. The first-order valence-corrected chi connectivity index (χ1v) is 4.63. The summed E-state index contributed by atoms with van der Waals surface area (Å²) in [7, 11) is 2.94. The maximum atomic E-state index is 11.5. The lowest BCUT2D eigenvalue weighted by Gasteiger charge is -2.10. The zero-order valence-electron chi connectivity index (χ0n) is 8.40. The van der Waals surface area contributed by atoms with E-state index in [1.807, 2.05) is 0 Å². The SMILES string of the molecule is Cn1c(Cl)c(C(CN)C(=O)O)n(C)c1=O. The highest BCUT2D eigenvalue weighted by Gasteiger charge is 2.27. The van der Waals surface area contributed by atoms with Crippen LogP contribution in [0.15, 0.2) is 4.79 Å². The second-order valence-electron chi connectivity index (χ2n) is 3.20. The maximum Gasteiger partial charge on any atom is 0.329 e. The van der Waals surface area contributed by atoms with Gasteiger partial charge in [0.05, 0.1) is 5.69 Å². The molecule has 1 aromatic heterocycles. The van der Waals surface area contributed by atoms with Gasteiger partial charge < -0.3 is 10.8 Å². The van der Waals surface area contributed by atoms with Crippen molar-refractivity contribution in [3.8, 4) is 0 Å². The van der Waals surface area contributed by atoms with Crippen molar-refractivity contribution in [2.75, 3.05) is 6.54 Å². The van der Waals surface area contributed by atoms with Gasteiger partial charge in [-0.3, -0.25) is 13.9 Å². The Morgan fingerprint density at radius 2 is 2.07 bits per heavy atom. The molecule has 0 aliphatic carbocycles. The number of aliphatic carboxylic acids is 1. The molecule has 0 aliphatic rings.